The molecule has 1 aromatic rings. The highest BCUT2D eigenvalue weighted by Crippen LogP contribution is 2.29. The van der Waals surface area contributed by atoms with Crippen LogP contribution >= 0.6 is 0 Å². The molecule has 1 heterocycles. The van der Waals surface area contributed by atoms with Gasteiger partial charge in [-0.1, -0.05) is 25.3 Å². The maximum absolute atomic E-state index is 10.5. The number of hydrogen-bond donors (Lipinski definition) is 1. The predicted octanol–water partition coefficient (Wildman–Crippen LogP) is 3.23. The van der Waals surface area contributed by atoms with Gasteiger partial charge in [0.1, 0.15) is 12.7 Å². The molecule has 6 nitrogen and oxygen atoms in total. The van der Waals surface area contributed by atoms with Crippen molar-refractivity contribution < 1.29 is 14.6 Å². The van der Waals surface area contributed by atoms with Gasteiger partial charge in [0, 0.05) is 51.4 Å². The first-order valence-electron chi connectivity index (χ1n) is 12.1. The van der Waals surface area contributed by atoms with E-state index in [9.17, 15) is 5.11 Å². The number of piperazine rings is 1. The summed E-state index contributed by atoms with van der Waals surface area (Å²) in [6.45, 7) is 10.8. The molecule has 3 rings (SSSR count). The number of likely N-dealkylation sites (N-methyl/N-ethyl adjacent to an activating group) is 1. The van der Waals surface area contributed by atoms with E-state index in [2.05, 4.69) is 47.7 Å². The normalized spacial score (nSPS) is 20.4. The summed E-state index contributed by atoms with van der Waals surface area (Å²) in [7, 11) is 3.80. The van der Waals surface area contributed by atoms with Gasteiger partial charge in [0.2, 0.25) is 0 Å². The summed E-state index contributed by atoms with van der Waals surface area (Å²) in [6.07, 6.45) is 5.93. The second kappa shape index (κ2) is 12.0. The molecule has 1 atom stereocenters. The molecular weight excluding hydrogens is 390 g/mol. The number of ether oxygens (including phenoxy) is 2. The van der Waals surface area contributed by atoms with Crippen LogP contribution < -0.4 is 9.47 Å². The van der Waals surface area contributed by atoms with Crippen LogP contribution in [0.25, 0.3) is 0 Å². The highest BCUT2D eigenvalue weighted by atomic mass is 16.5. The Morgan fingerprint density at radius 1 is 1.06 bits per heavy atom. The van der Waals surface area contributed by atoms with Crippen LogP contribution in [-0.4, -0.2) is 91.5 Å². The third-order valence-electron chi connectivity index (χ3n) is 6.90. The van der Waals surface area contributed by atoms with Crippen LogP contribution in [0.15, 0.2) is 18.2 Å². The Kier molecular flexibility index (Phi) is 9.45. The molecule has 1 saturated carbocycles. The lowest BCUT2D eigenvalue weighted by molar-refractivity contribution is 0.0553. The van der Waals surface area contributed by atoms with E-state index < -0.39 is 6.10 Å². The maximum atomic E-state index is 10.5. The zero-order valence-electron chi connectivity index (χ0n) is 20.1. The molecule has 1 saturated heterocycles. The minimum Gasteiger partial charge on any atom is -0.493 e. The van der Waals surface area contributed by atoms with E-state index in [4.69, 9.17) is 9.47 Å². The van der Waals surface area contributed by atoms with Crippen LogP contribution in [0.1, 0.15) is 51.5 Å². The van der Waals surface area contributed by atoms with Gasteiger partial charge in [-0.15, -0.1) is 0 Å². The zero-order chi connectivity index (χ0) is 22.2. The van der Waals surface area contributed by atoms with E-state index in [-0.39, 0.29) is 6.61 Å². The lowest BCUT2D eigenvalue weighted by atomic mass is 9.94. The summed E-state index contributed by atoms with van der Waals surface area (Å²) in [6, 6.07) is 7.39. The van der Waals surface area contributed by atoms with Crippen molar-refractivity contribution in [2.45, 2.75) is 70.7 Å². The van der Waals surface area contributed by atoms with Crippen molar-refractivity contribution in [3.8, 4) is 11.5 Å². The van der Waals surface area contributed by atoms with E-state index in [1.807, 2.05) is 6.07 Å². The maximum Gasteiger partial charge on any atom is 0.161 e. The van der Waals surface area contributed by atoms with Gasteiger partial charge in [-0.3, -0.25) is 9.80 Å². The van der Waals surface area contributed by atoms with Crippen LogP contribution in [0, 0.1) is 0 Å². The number of rotatable bonds is 10. The molecule has 2 aliphatic rings. The van der Waals surface area contributed by atoms with Gasteiger partial charge in [0.15, 0.2) is 11.5 Å². The summed E-state index contributed by atoms with van der Waals surface area (Å²) < 4.78 is 11.5. The third kappa shape index (κ3) is 7.35. The predicted molar refractivity (Wildman–Crippen MR) is 126 cm³/mol. The topological polar surface area (TPSA) is 48.4 Å². The van der Waals surface area contributed by atoms with Crippen molar-refractivity contribution >= 4 is 0 Å². The molecule has 0 amide bonds. The standard InChI is InChI=1S/C25H43N3O3/c1-20(2)28-14-12-27(13-15-28)17-21-10-11-24(25(16-21)30-4)31-19-23(29)18-26(3)22-8-6-5-7-9-22/h10-11,16,20,22-23,29H,5-9,12-15,17-19H2,1-4H3. The fourth-order valence-corrected chi connectivity index (χ4v) is 4.87. The molecule has 1 N–H and O–H groups in total. The second-order valence-electron chi connectivity index (χ2n) is 9.59. The average Bonchev–Trinajstić information content (AvgIpc) is 2.79. The zero-order valence-corrected chi connectivity index (χ0v) is 20.1. The van der Waals surface area contributed by atoms with Crippen molar-refractivity contribution in [3.05, 3.63) is 23.8 Å². The molecule has 0 bridgehead atoms. The first-order chi connectivity index (χ1) is 15.0. The fraction of sp³-hybridized carbons (Fsp3) is 0.760. The molecule has 0 radical (unpaired) electrons. The monoisotopic (exact) mass is 433 g/mol. The Morgan fingerprint density at radius 3 is 2.42 bits per heavy atom. The summed E-state index contributed by atoms with van der Waals surface area (Å²) in [5.41, 5.74) is 1.24. The second-order valence-corrected chi connectivity index (χ2v) is 9.59. The van der Waals surface area contributed by atoms with Gasteiger partial charge in [-0.05, 0) is 51.4 Å². The van der Waals surface area contributed by atoms with Gasteiger partial charge in [-0.25, -0.2) is 0 Å². The molecule has 0 aromatic heterocycles. The van der Waals surface area contributed by atoms with Crippen molar-refractivity contribution in [1.29, 1.82) is 0 Å². The minimum atomic E-state index is -0.506. The van der Waals surface area contributed by atoms with E-state index in [0.29, 0.717) is 24.4 Å². The SMILES string of the molecule is COc1cc(CN2CCN(C(C)C)CC2)ccc1OCC(O)CN(C)C1CCCCC1. The fourth-order valence-electron chi connectivity index (χ4n) is 4.87. The number of aliphatic hydroxyl groups is 1. The molecule has 6 heteroatoms. The largest absolute Gasteiger partial charge is 0.493 e. The van der Waals surface area contributed by atoms with Crippen LogP contribution in [0.3, 0.4) is 0 Å². The van der Waals surface area contributed by atoms with Gasteiger partial charge >= 0.3 is 0 Å². The van der Waals surface area contributed by atoms with Crippen molar-refractivity contribution in [2.24, 2.45) is 0 Å². The highest BCUT2D eigenvalue weighted by molar-refractivity contribution is 5.43. The Bertz CT molecular complexity index is 655. The molecule has 1 aromatic carbocycles. The van der Waals surface area contributed by atoms with Crippen molar-refractivity contribution in [2.75, 3.05) is 53.5 Å². The quantitative estimate of drug-likeness (QED) is 0.611. The van der Waals surface area contributed by atoms with Crippen LogP contribution in [0.2, 0.25) is 0 Å². The molecule has 31 heavy (non-hydrogen) atoms. The first kappa shape index (κ1) is 24.3. The molecule has 0 spiro atoms. The lowest BCUT2D eigenvalue weighted by Gasteiger charge is -2.37. The average molecular weight is 434 g/mol. The minimum absolute atomic E-state index is 0.282. The highest BCUT2D eigenvalue weighted by Gasteiger charge is 2.21. The van der Waals surface area contributed by atoms with Gasteiger partial charge in [-0.2, -0.15) is 0 Å². The Labute approximate surface area is 189 Å². The summed E-state index contributed by atoms with van der Waals surface area (Å²) in [4.78, 5) is 7.33. The molecular formula is C25H43N3O3. The smallest absolute Gasteiger partial charge is 0.161 e. The third-order valence-corrected chi connectivity index (χ3v) is 6.90. The van der Waals surface area contributed by atoms with Crippen LogP contribution in [-0.2, 0) is 6.54 Å². The van der Waals surface area contributed by atoms with E-state index in [0.717, 1.165) is 38.5 Å². The molecule has 2 fully saturated rings. The number of nitrogens with zero attached hydrogens (tertiary/aromatic N) is 3. The molecule has 1 aliphatic heterocycles. The van der Waals surface area contributed by atoms with Gasteiger partial charge < -0.3 is 19.5 Å². The lowest BCUT2D eigenvalue weighted by Crippen LogP contribution is -2.48. The van der Waals surface area contributed by atoms with Crippen LogP contribution in [0.4, 0.5) is 0 Å². The first-order valence-corrected chi connectivity index (χ1v) is 12.1. The van der Waals surface area contributed by atoms with Gasteiger partial charge in [0.05, 0.1) is 7.11 Å². The molecule has 1 aliphatic carbocycles. The molecule has 176 valence electrons. The number of aliphatic hydroxyl groups excluding tert-OH is 1. The van der Waals surface area contributed by atoms with Gasteiger partial charge in [0.25, 0.3) is 0 Å². The van der Waals surface area contributed by atoms with Crippen LogP contribution in [0.5, 0.6) is 11.5 Å². The Balaban J connectivity index is 1.47. The van der Waals surface area contributed by atoms with Crippen molar-refractivity contribution in [1.82, 2.24) is 14.7 Å². The number of benzene rings is 1. The summed E-state index contributed by atoms with van der Waals surface area (Å²) in [5, 5.41) is 10.5. The number of hydrogen-bond acceptors (Lipinski definition) is 6. The molecule has 1 unspecified atom stereocenters. The van der Waals surface area contributed by atoms with E-state index in [1.54, 1.807) is 7.11 Å². The summed E-state index contributed by atoms with van der Waals surface area (Å²) in [5.74, 6) is 1.45. The summed E-state index contributed by atoms with van der Waals surface area (Å²) >= 11 is 0. The van der Waals surface area contributed by atoms with Crippen molar-refractivity contribution in [3.63, 3.8) is 0 Å². The van der Waals surface area contributed by atoms with E-state index >= 15 is 0 Å². The number of methoxy groups -OCH3 is 1. The Morgan fingerprint density at radius 2 is 1.77 bits per heavy atom. The Hall–Kier alpha value is -1.34. The van der Waals surface area contributed by atoms with E-state index in [1.165, 1.54) is 37.7 Å².